The third-order valence-corrected chi connectivity index (χ3v) is 3.58. The Bertz CT molecular complexity index is 587. The summed E-state index contributed by atoms with van der Waals surface area (Å²) in [5.41, 5.74) is 1.65. The van der Waals surface area contributed by atoms with Crippen molar-refractivity contribution in [3.05, 3.63) is 59.4 Å². The molecular weight excluding hydrogens is 233 g/mol. The first-order valence-corrected chi connectivity index (χ1v) is 5.95. The summed E-state index contributed by atoms with van der Waals surface area (Å²) >= 11 is 1.42. The highest BCUT2D eigenvalue weighted by atomic mass is 32.2. The van der Waals surface area contributed by atoms with Crippen LogP contribution in [0.2, 0.25) is 0 Å². The fourth-order valence-electron chi connectivity index (χ4n) is 1.52. The van der Waals surface area contributed by atoms with Crippen LogP contribution in [0.15, 0.2) is 52.3 Å². The van der Waals surface area contributed by atoms with Crippen molar-refractivity contribution in [3.63, 3.8) is 0 Å². The van der Waals surface area contributed by atoms with Gasteiger partial charge in [-0.1, -0.05) is 30.0 Å². The third-order valence-electron chi connectivity index (χ3n) is 2.35. The second kappa shape index (κ2) is 5.03. The molecule has 0 fully saturated rings. The fourth-order valence-corrected chi connectivity index (χ4v) is 2.53. The van der Waals surface area contributed by atoms with Crippen LogP contribution in [-0.2, 0) is 0 Å². The van der Waals surface area contributed by atoms with E-state index >= 15 is 0 Å². The Balaban J connectivity index is 2.40. The lowest BCUT2D eigenvalue weighted by Crippen LogP contribution is -1.86. The minimum absolute atomic E-state index is 0.262. The first-order valence-electron chi connectivity index (χ1n) is 5.14. The van der Waals surface area contributed by atoms with E-state index in [0.29, 0.717) is 5.56 Å². The highest BCUT2D eigenvalue weighted by Gasteiger charge is 2.07. The molecule has 17 heavy (non-hydrogen) atoms. The van der Waals surface area contributed by atoms with Gasteiger partial charge in [0.05, 0.1) is 5.56 Å². The normalized spacial score (nSPS) is 9.94. The first-order chi connectivity index (χ1) is 8.20. The van der Waals surface area contributed by atoms with Crippen LogP contribution in [0.25, 0.3) is 0 Å². The average Bonchev–Trinajstić information content (AvgIpc) is 2.32. The zero-order valence-electron chi connectivity index (χ0n) is 9.27. The summed E-state index contributed by atoms with van der Waals surface area (Å²) in [5, 5.41) is 9.04. The zero-order chi connectivity index (χ0) is 12.3. The second-order valence-electron chi connectivity index (χ2n) is 3.62. The van der Waals surface area contributed by atoms with E-state index in [1.54, 1.807) is 12.1 Å². The van der Waals surface area contributed by atoms with Gasteiger partial charge in [-0.05, 0) is 36.8 Å². The molecule has 2 rings (SSSR count). The van der Waals surface area contributed by atoms with Crippen LogP contribution in [-0.4, -0.2) is 0 Å². The highest BCUT2D eigenvalue weighted by Crippen LogP contribution is 2.32. The molecule has 0 N–H and O–H groups in total. The van der Waals surface area contributed by atoms with Gasteiger partial charge >= 0.3 is 0 Å². The largest absolute Gasteiger partial charge is 0.207 e. The summed E-state index contributed by atoms with van der Waals surface area (Å²) in [7, 11) is 0. The van der Waals surface area contributed by atoms with E-state index in [1.165, 1.54) is 23.9 Å². The Kier molecular flexibility index (Phi) is 3.46. The quantitative estimate of drug-likeness (QED) is 0.790. The monoisotopic (exact) mass is 243 g/mol. The number of benzene rings is 2. The molecule has 0 bridgehead atoms. The lowest BCUT2D eigenvalue weighted by molar-refractivity contribution is 0.624. The summed E-state index contributed by atoms with van der Waals surface area (Å²) in [4.78, 5) is 1.69. The van der Waals surface area contributed by atoms with Crippen LogP contribution >= 0.6 is 11.8 Å². The van der Waals surface area contributed by atoms with Gasteiger partial charge in [0.15, 0.2) is 0 Å². The van der Waals surface area contributed by atoms with E-state index < -0.39 is 0 Å². The molecular formula is C14H10FNS. The number of nitrogens with zero attached hydrogens (tertiary/aromatic N) is 1. The van der Waals surface area contributed by atoms with Gasteiger partial charge in [0, 0.05) is 9.79 Å². The number of nitriles is 1. The predicted molar refractivity (Wildman–Crippen MR) is 66.4 cm³/mol. The van der Waals surface area contributed by atoms with Crippen LogP contribution in [0, 0.1) is 24.1 Å². The Hall–Kier alpha value is -1.79. The van der Waals surface area contributed by atoms with Crippen molar-refractivity contribution in [1.29, 1.82) is 5.26 Å². The van der Waals surface area contributed by atoms with Crippen LogP contribution in [0.1, 0.15) is 11.1 Å². The summed E-state index contributed by atoms with van der Waals surface area (Å²) in [6, 6.07) is 14.1. The van der Waals surface area contributed by atoms with Crippen molar-refractivity contribution < 1.29 is 4.39 Å². The van der Waals surface area contributed by atoms with Crippen LogP contribution in [0.4, 0.5) is 4.39 Å². The van der Waals surface area contributed by atoms with Gasteiger partial charge in [0.2, 0.25) is 0 Å². The van der Waals surface area contributed by atoms with Gasteiger partial charge in [-0.15, -0.1) is 0 Å². The molecule has 0 unspecified atom stereocenters. The first kappa shape index (κ1) is 11.7. The summed E-state index contributed by atoms with van der Waals surface area (Å²) in [6.07, 6.45) is 0. The molecule has 3 heteroatoms. The van der Waals surface area contributed by atoms with Gasteiger partial charge in [-0.2, -0.15) is 5.26 Å². The topological polar surface area (TPSA) is 23.8 Å². The molecule has 0 aliphatic rings. The van der Waals surface area contributed by atoms with E-state index in [9.17, 15) is 4.39 Å². The molecule has 2 aromatic rings. The lowest BCUT2D eigenvalue weighted by atomic mass is 10.1. The summed E-state index contributed by atoms with van der Waals surface area (Å²) in [6.45, 7) is 1.95. The standard InChI is InChI=1S/C14H10FNS/c1-10-4-2-5-11(9-16)14(10)17-13-7-3-6-12(15)8-13/h2-8H,1H3. The van der Waals surface area contributed by atoms with Crippen LogP contribution in [0.3, 0.4) is 0 Å². The lowest BCUT2D eigenvalue weighted by Gasteiger charge is -2.07. The van der Waals surface area contributed by atoms with E-state index in [4.69, 9.17) is 5.26 Å². The van der Waals surface area contributed by atoms with Gasteiger partial charge in [-0.25, -0.2) is 4.39 Å². The van der Waals surface area contributed by atoms with Crippen LogP contribution in [0.5, 0.6) is 0 Å². The predicted octanol–water partition coefficient (Wildman–Crippen LogP) is 4.16. The van der Waals surface area contributed by atoms with Crippen molar-refractivity contribution >= 4 is 11.8 Å². The summed E-state index contributed by atoms with van der Waals surface area (Å²) in [5.74, 6) is -0.262. The maximum atomic E-state index is 13.1. The maximum Gasteiger partial charge on any atom is 0.124 e. The van der Waals surface area contributed by atoms with Crippen molar-refractivity contribution in [2.45, 2.75) is 16.7 Å². The Morgan fingerprint density at radius 3 is 2.65 bits per heavy atom. The van der Waals surface area contributed by atoms with E-state index in [-0.39, 0.29) is 5.82 Å². The molecule has 0 spiro atoms. The fraction of sp³-hybridized carbons (Fsp3) is 0.0714. The minimum Gasteiger partial charge on any atom is -0.207 e. The molecule has 0 heterocycles. The van der Waals surface area contributed by atoms with Gasteiger partial charge in [-0.3, -0.25) is 0 Å². The molecule has 0 aliphatic heterocycles. The third kappa shape index (κ3) is 2.66. The maximum absolute atomic E-state index is 13.1. The number of rotatable bonds is 2. The van der Waals surface area contributed by atoms with Gasteiger partial charge in [0.25, 0.3) is 0 Å². The van der Waals surface area contributed by atoms with Crippen molar-refractivity contribution in [2.75, 3.05) is 0 Å². The number of halogens is 1. The Morgan fingerprint density at radius 1 is 1.18 bits per heavy atom. The van der Waals surface area contributed by atoms with Crippen molar-refractivity contribution in [3.8, 4) is 6.07 Å². The smallest absolute Gasteiger partial charge is 0.124 e. The number of hydrogen-bond donors (Lipinski definition) is 0. The van der Waals surface area contributed by atoms with E-state index in [0.717, 1.165) is 15.4 Å². The molecule has 0 atom stereocenters. The Labute approximate surface area is 104 Å². The molecule has 2 aromatic carbocycles. The second-order valence-corrected chi connectivity index (χ2v) is 4.71. The molecule has 1 nitrogen and oxygen atoms in total. The molecule has 0 saturated carbocycles. The molecule has 0 saturated heterocycles. The zero-order valence-corrected chi connectivity index (χ0v) is 10.1. The minimum atomic E-state index is -0.262. The van der Waals surface area contributed by atoms with E-state index in [2.05, 4.69) is 6.07 Å². The van der Waals surface area contributed by atoms with Crippen molar-refractivity contribution in [1.82, 2.24) is 0 Å². The molecule has 0 radical (unpaired) electrons. The molecule has 0 amide bonds. The number of hydrogen-bond acceptors (Lipinski definition) is 2. The van der Waals surface area contributed by atoms with Gasteiger partial charge in [0.1, 0.15) is 11.9 Å². The average molecular weight is 243 g/mol. The van der Waals surface area contributed by atoms with Gasteiger partial charge < -0.3 is 0 Å². The highest BCUT2D eigenvalue weighted by molar-refractivity contribution is 7.99. The molecule has 0 aliphatic carbocycles. The molecule has 0 aromatic heterocycles. The van der Waals surface area contributed by atoms with Crippen LogP contribution < -0.4 is 0 Å². The molecule has 84 valence electrons. The summed E-state index contributed by atoms with van der Waals surface area (Å²) < 4.78 is 13.1. The SMILES string of the molecule is Cc1cccc(C#N)c1Sc1cccc(F)c1. The Morgan fingerprint density at radius 2 is 1.94 bits per heavy atom. The van der Waals surface area contributed by atoms with E-state index in [1.807, 2.05) is 25.1 Å². The number of aryl methyl sites for hydroxylation is 1. The van der Waals surface area contributed by atoms with Crippen molar-refractivity contribution in [2.24, 2.45) is 0 Å².